The monoisotopic (exact) mass is 280 g/mol. The zero-order valence-electron chi connectivity index (χ0n) is 14.2. The van der Waals surface area contributed by atoms with Crippen LogP contribution in [0.2, 0.25) is 0 Å². The van der Waals surface area contributed by atoms with Gasteiger partial charge in [0, 0.05) is 24.7 Å². The Labute approximate surface area is 126 Å². The topological polar surface area (TPSA) is 24.1 Å². The van der Waals surface area contributed by atoms with Gasteiger partial charge >= 0.3 is 0 Å². The summed E-state index contributed by atoms with van der Waals surface area (Å²) in [4.78, 5) is 0. The maximum atomic E-state index is 3.75. The van der Waals surface area contributed by atoms with E-state index < -0.39 is 0 Å². The standard InChI is InChI=1S/C18H36N2/c1-5-8-15(17(2,3)4)9-6-7-10-16-18(11-12-18)20-14-13-19-16/h15-16,19-20H,5-14H2,1-4H3. The van der Waals surface area contributed by atoms with Crippen LogP contribution >= 0.6 is 0 Å². The molecule has 0 aromatic heterocycles. The first-order valence-corrected chi connectivity index (χ1v) is 8.96. The van der Waals surface area contributed by atoms with E-state index in [0.717, 1.165) is 18.5 Å². The summed E-state index contributed by atoms with van der Waals surface area (Å²) in [5, 5.41) is 7.50. The molecule has 1 saturated heterocycles. The van der Waals surface area contributed by atoms with Gasteiger partial charge in [-0.2, -0.15) is 0 Å². The number of hydrogen-bond donors (Lipinski definition) is 2. The maximum Gasteiger partial charge on any atom is 0.0336 e. The molecule has 1 aliphatic carbocycles. The Morgan fingerprint density at radius 1 is 1.10 bits per heavy atom. The summed E-state index contributed by atoms with van der Waals surface area (Å²) in [5.41, 5.74) is 0.990. The highest BCUT2D eigenvalue weighted by molar-refractivity contribution is 5.12. The molecule has 20 heavy (non-hydrogen) atoms. The predicted molar refractivity (Wildman–Crippen MR) is 88.1 cm³/mol. The molecule has 0 amide bonds. The quantitative estimate of drug-likeness (QED) is 0.686. The van der Waals surface area contributed by atoms with E-state index in [9.17, 15) is 0 Å². The first-order chi connectivity index (χ1) is 9.48. The van der Waals surface area contributed by atoms with Gasteiger partial charge in [0.2, 0.25) is 0 Å². The van der Waals surface area contributed by atoms with Crippen LogP contribution in [0.25, 0.3) is 0 Å². The lowest BCUT2D eigenvalue weighted by Crippen LogP contribution is -2.57. The zero-order valence-corrected chi connectivity index (χ0v) is 14.2. The molecule has 2 unspecified atom stereocenters. The summed E-state index contributed by atoms with van der Waals surface area (Å²) in [5.74, 6) is 0.903. The molecule has 0 aromatic rings. The minimum Gasteiger partial charge on any atom is -0.311 e. The lowest BCUT2D eigenvalue weighted by molar-refractivity contribution is 0.202. The highest BCUT2D eigenvalue weighted by Crippen LogP contribution is 2.41. The van der Waals surface area contributed by atoms with E-state index in [1.165, 1.54) is 57.9 Å². The predicted octanol–water partition coefficient (Wildman–Crippen LogP) is 4.10. The lowest BCUT2D eigenvalue weighted by atomic mass is 9.75. The smallest absolute Gasteiger partial charge is 0.0336 e. The molecule has 0 bridgehead atoms. The molecular formula is C18H36N2. The molecule has 2 heteroatoms. The highest BCUT2D eigenvalue weighted by atomic mass is 15.2. The van der Waals surface area contributed by atoms with Gasteiger partial charge in [0.25, 0.3) is 0 Å². The molecule has 1 aliphatic heterocycles. The third kappa shape index (κ3) is 4.21. The summed E-state index contributed by atoms with van der Waals surface area (Å²) in [6.45, 7) is 11.9. The van der Waals surface area contributed by atoms with Crippen molar-refractivity contribution < 1.29 is 0 Å². The lowest BCUT2D eigenvalue weighted by Gasteiger charge is -2.35. The first-order valence-electron chi connectivity index (χ1n) is 8.96. The maximum absolute atomic E-state index is 3.75. The Kier molecular flexibility index (Phi) is 5.53. The van der Waals surface area contributed by atoms with E-state index in [4.69, 9.17) is 0 Å². The van der Waals surface area contributed by atoms with Crippen molar-refractivity contribution in [2.24, 2.45) is 11.3 Å². The Balaban J connectivity index is 1.67. The Morgan fingerprint density at radius 2 is 1.85 bits per heavy atom. The van der Waals surface area contributed by atoms with Crippen LogP contribution in [0, 0.1) is 11.3 Å². The van der Waals surface area contributed by atoms with Crippen molar-refractivity contribution in [1.82, 2.24) is 10.6 Å². The number of hydrogen-bond acceptors (Lipinski definition) is 2. The van der Waals surface area contributed by atoms with Crippen LogP contribution in [0.5, 0.6) is 0 Å². The summed E-state index contributed by atoms with van der Waals surface area (Å²) in [6, 6.07) is 0.746. The second-order valence-electron chi connectivity index (χ2n) is 8.23. The molecule has 0 aromatic carbocycles. The van der Waals surface area contributed by atoms with E-state index in [-0.39, 0.29) is 0 Å². The van der Waals surface area contributed by atoms with Crippen molar-refractivity contribution in [3.63, 3.8) is 0 Å². The largest absolute Gasteiger partial charge is 0.311 e. The normalized spacial score (nSPS) is 26.7. The fourth-order valence-corrected chi connectivity index (χ4v) is 4.01. The highest BCUT2D eigenvalue weighted by Gasteiger charge is 2.49. The van der Waals surface area contributed by atoms with Crippen LogP contribution in [0.3, 0.4) is 0 Å². The van der Waals surface area contributed by atoms with Crippen LogP contribution in [-0.4, -0.2) is 24.7 Å². The molecule has 2 nitrogen and oxygen atoms in total. The van der Waals surface area contributed by atoms with Gasteiger partial charge in [-0.3, -0.25) is 0 Å². The number of nitrogens with one attached hydrogen (secondary N) is 2. The Bertz CT molecular complexity index is 282. The van der Waals surface area contributed by atoms with Crippen molar-refractivity contribution in [3.8, 4) is 0 Å². The molecule has 2 N–H and O–H groups in total. The van der Waals surface area contributed by atoms with Gasteiger partial charge in [0.05, 0.1) is 0 Å². The molecule has 118 valence electrons. The molecule has 2 fully saturated rings. The summed E-state index contributed by atoms with van der Waals surface area (Å²) in [6.07, 6.45) is 11.1. The van der Waals surface area contributed by atoms with Crippen LogP contribution in [0.15, 0.2) is 0 Å². The van der Waals surface area contributed by atoms with Crippen LogP contribution in [0.4, 0.5) is 0 Å². The van der Waals surface area contributed by atoms with Crippen molar-refractivity contribution >= 4 is 0 Å². The fraction of sp³-hybridized carbons (Fsp3) is 1.00. The SMILES string of the molecule is CCCC(CCCCC1NCCNC12CC2)C(C)(C)C. The van der Waals surface area contributed by atoms with Crippen molar-refractivity contribution in [3.05, 3.63) is 0 Å². The minimum absolute atomic E-state index is 0.484. The summed E-state index contributed by atoms with van der Waals surface area (Å²) < 4.78 is 0. The van der Waals surface area contributed by atoms with Gasteiger partial charge in [0.1, 0.15) is 0 Å². The number of rotatable bonds is 7. The molecule has 2 atom stereocenters. The second-order valence-corrected chi connectivity index (χ2v) is 8.23. The van der Waals surface area contributed by atoms with Crippen molar-refractivity contribution in [2.45, 2.75) is 90.6 Å². The minimum atomic E-state index is 0.484. The van der Waals surface area contributed by atoms with Crippen LogP contribution in [0.1, 0.15) is 79.1 Å². The average Bonchev–Trinajstić information content (AvgIpc) is 3.14. The first kappa shape index (κ1) is 16.3. The van der Waals surface area contributed by atoms with Crippen molar-refractivity contribution in [2.75, 3.05) is 13.1 Å². The van der Waals surface area contributed by atoms with Gasteiger partial charge < -0.3 is 10.6 Å². The third-order valence-electron chi connectivity index (χ3n) is 5.61. The Hall–Kier alpha value is -0.0800. The van der Waals surface area contributed by atoms with Gasteiger partial charge in [-0.1, -0.05) is 53.4 Å². The molecule has 1 heterocycles. The van der Waals surface area contributed by atoms with Gasteiger partial charge in [-0.15, -0.1) is 0 Å². The fourth-order valence-electron chi connectivity index (χ4n) is 4.01. The van der Waals surface area contributed by atoms with Gasteiger partial charge in [-0.25, -0.2) is 0 Å². The van der Waals surface area contributed by atoms with Gasteiger partial charge in [0.15, 0.2) is 0 Å². The van der Waals surface area contributed by atoms with Crippen LogP contribution in [-0.2, 0) is 0 Å². The van der Waals surface area contributed by atoms with E-state index in [1.807, 2.05) is 0 Å². The number of unbranched alkanes of at least 4 members (excludes halogenated alkanes) is 1. The van der Waals surface area contributed by atoms with E-state index >= 15 is 0 Å². The van der Waals surface area contributed by atoms with E-state index in [2.05, 4.69) is 38.3 Å². The molecule has 2 rings (SSSR count). The summed E-state index contributed by atoms with van der Waals surface area (Å²) >= 11 is 0. The van der Waals surface area contributed by atoms with Crippen LogP contribution < -0.4 is 10.6 Å². The van der Waals surface area contributed by atoms with Gasteiger partial charge in [-0.05, 0) is 37.0 Å². The Morgan fingerprint density at radius 3 is 2.45 bits per heavy atom. The molecular weight excluding hydrogens is 244 g/mol. The summed E-state index contributed by atoms with van der Waals surface area (Å²) in [7, 11) is 0. The van der Waals surface area contributed by atoms with Crippen molar-refractivity contribution in [1.29, 1.82) is 0 Å². The third-order valence-corrected chi connectivity index (χ3v) is 5.61. The number of piperazine rings is 1. The molecule has 0 radical (unpaired) electrons. The van der Waals surface area contributed by atoms with E-state index in [0.29, 0.717) is 11.0 Å². The molecule has 2 aliphatic rings. The second kappa shape index (κ2) is 6.79. The average molecular weight is 280 g/mol. The zero-order chi connectivity index (χ0) is 14.6. The molecule has 1 spiro atoms. The van der Waals surface area contributed by atoms with E-state index in [1.54, 1.807) is 0 Å². The molecule has 1 saturated carbocycles.